The number of nitrogens with zero attached hydrogens (tertiary/aromatic N) is 2. The van der Waals surface area contributed by atoms with Crippen LogP contribution in [0.3, 0.4) is 0 Å². The van der Waals surface area contributed by atoms with Gasteiger partial charge in [0.1, 0.15) is 0 Å². The number of carboxylic acid groups (broad SMARTS) is 1. The predicted molar refractivity (Wildman–Crippen MR) is 123 cm³/mol. The van der Waals surface area contributed by atoms with E-state index in [4.69, 9.17) is 0 Å². The van der Waals surface area contributed by atoms with Crippen LogP contribution in [0, 0.1) is 3.57 Å². The number of aromatic carboxylic acids is 1. The summed E-state index contributed by atoms with van der Waals surface area (Å²) in [5.74, 6) is -0.965. The molecule has 1 aliphatic rings. The second kappa shape index (κ2) is 6.16. The van der Waals surface area contributed by atoms with Crippen LogP contribution in [0.15, 0.2) is 54.6 Å². The highest BCUT2D eigenvalue weighted by Gasteiger charge is 2.38. The lowest BCUT2D eigenvalue weighted by Crippen LogP contribution is -2.17. The van der Waals surface area contributed by atoms with E-state index in [2.05, 4.69) is 83.9 Å². The molecule has 0 unspecified atom stereocenters. The summed E-state index contributed by atoms with van der Waals surface area (Å²) >= 11 is 2.39. The first-order valence-electron chi connectivity index (χ1n) is 9.44. The number of hydrogen-bond acceptors (Lipinski definition) is 2. The van der Waals surface area contributed by atoms with E-state index in [1.807, 2.05) is 12.1 Å². The molecule has 3 aromatic carbocycles. The van der Waals surface area contributed by atoms with Crippen molar-refractivity contribution in [3.05, 3.63) is 75.1 Å². The molecular weight excluding hydrogens is 475 g/mol. The van der Waals surface area contributed by atoms with Gasteiger partial charge in [-0.1, -0.05) is 56.3 Å². The molecule has 1 aromatic heterocycles. The van der Waals surface area contributed by atoms with Gasteiger partial charge in [0, 0.05) is 27.2 Å². The number of aryl methyl sites for hydroxylation is 1. The Kier molecular flexibility index (Phi) is 3.90. The average Bonchev–Trinajstić information content (AvgIpc) is 3.15. The van der Waals surface area contributed by atoms with Gasteiger partial charge in [0.15, 0.2) is 0 Å². The smallest absolute Gasteiger partial charge is 0.372 e. The van der Waals surface area contributed by atoms with Crippen LogP contribution < -0.4 is 0 Å². The fraction of sp³-hybridized carbons (Fsp3) is 0.167. The fourth-order valence-corrected chi connectivity index (χ4v) is 5.51. The molecule has 1 N–H and O–H groups in total. The van der Waals surface area contributed by atoms with E-state index < -0.39 is 5.97 Å². The molecule has 29 heavy (non-hydrogen) atoms. The van der Waals surface area contributed by atoms with Crippen LogP contribution in [0.5, 0.6) is 0 Å². The third-order valence-corrected chi connectivity index (χ3v) is 6.92. The molecule has 144 valence electrons. The van der Waals surface area contributed by atoms with Gasteiger partial charge in [0.2, 0.25) is 5.82 Å². The molecule has 0 fully saturated rings. The maximum atomic E-state index is 11.7. The van der Waals surface area contributed by atoms with Gasteiger partial charge in [-0.25, -0.2) is 9.78 Å². The van der Waals surface area contributed by atoms with Crippen LogP contribution >= 0.6 is 22.6 Å². The van der Waals surface area contributed by atoms with Crippen molar-refractivity contribution in [2.75, 3.05) is 0 Å². The second-order valence-electron chi connectivity index (χ2n) is 7.99. The number of aromatic nitrogens is 2. The van der Waals surface area contributed by atoms with Crippen molar-refractivity contribution in [1.29, 1.82) is 0 Å². The van der Waals surface area contributed by atoms with Crippen LogP contribution in [0.1, 0.15) is 35.6 Å². The monoisotopic (exact) mass is 494 g/mol. The van der Waals surface area contributed by atoms with E-state index in [0.717, 1.165) is 20.2 Å². The lowest BCUT2D eigenvalue weighted by atomic mass is 9.78. The Hall–Kier alpha value is -2.67. The molecule has 0 saturated heterocycles. The van der Waals surface area contributed by atoms with Crippen LogP contribution in [-0.2, 0) is 12.5 Å². The number of fused-ring (bicyclic) bond motifs is 4. The highest BCUT2D eigenvalue weighted by atomic mass is 127. The number of benzene rings is 3. The summed E-state index contributed by atoms with van der Waals surface area (Å²) < 4.78 is 2.84. The van der Waals surface area contributed by atoms with Crippen molar-refractivity contribution in [2.24, 2.45) is 7.05 Å². The molecule has 0 radical (unpaired) electrons. The van der Waals surface area contributed by atoms with E-state index in [9.17, 15) is 9.90 Å². The minimum Gasteiger partial charge on any atom is -0.475 e. The number of hydrogen-bond donors (Lipinski definition) is 1. The molecule has 4 aromatic rings. The second-order valence-corrected chi connectivity index (χ2v) is 9.15. The summed E-state index contributed by atoms with van der Waals surface area (Å²) in [6.45, 7) is 4.53. The number of halogens is 1. The van der Waals surface area contributed by atoms with Gasteiger partial charge < -0.3 is 9.67 Å². The molecule has 0 saturated carbocycles. The third kappa shape index (κ3) is 2.43. The molecule has 5 heteroatoms. The fourth-order valence-electron chi connectivity index (χ4n) is 4.77. The summed E-state index contributed by atoms with van der Waals surface area (Å²) in [5, 5.41) is 9.55. The lowest BCUT2D eigenvalue weighted by molar-refractivity contribution is 0.0680. The van der Waals surface area contributed by atoms with Crippen molar-refractivity contribution in [2.45, 2.75) is 19.3 Å². The summed E-state index contributed by atoms with van der Waals surface area (Å²) in [6.07, 6.45) is 0. The minimum absolute atomic E-state index is 0.0533. The summed E-state index contributed by atoms with van der Waals surface area (Å²) in [6, 6.07) is 18.8. The zero-order chi connectivity index (χ0) is 20.5. The van der Waals surface area contributed by atoms with E-state index in [1.165, 1.54) is 22.3 Å². The number of carboxylic acids is 1. The van der Waals surface area contributed by atoms with E-state index in [1.54, 1.807) is 11.6 Å². The molecule has 0 aliphatic heterocycles. The first-order valence-corrected chi connectivity index (χ1v) is 10.5. The van der Waals surface area contributed by atoms with E-state index in [0.29, 0.717) is 5.52 Å². The first-order chi connectivity index (χ1) is 13.8. The molecule has 0 bridgehead atoms. The lowest BCUT2D eigenvalue weighted by Gasteiger charge is -2.25. The summed E-state index contributed by atoms with van der Waals surface area (Å²) in [4.78, 5) is 16.0. The standard InChI is InChI=1S/C24H19IN2O2/c1-24(2)16-9-5-4-7-13(16)14-11-12-17(25)19(20(14)24)15-8-6-10-18-21(15)27(3)22(26-18)23(28)29/h4-12H,1-3H3,(H,28,29). The van der Waals surface area contributed by atoms with Crippen molar-refractivity contribution in [3.8, 4) is 22.3 Å². The maximum absolute atomic E-state index is 11.7. The van der Waals surface area contributed by atoms with Crippen LogP contribution in [0.2, 0.25) is 0 Å². The largest absolute Gasteiger partial charge is 0.475 e. The van der Waals surface area contributed by atoms with Crippen molar-refractivity contribution in [3.63, 3.8) is 0 Å². The summed E-state index contributed by atoms with van der Waals surface area (Å²) in [7, 11) is 1.78. The van der Waals surface area contributed by atoms with Crippen molar-refractivity contribution in [1.82, 2.24) is 9.55 Å². The van der Waals surface area contributed by atoms with Gasteiger partial charge in [-0.15, -0.1) is 0 Å². The van der Waals surface area contributed by atoms with Crippen molar-refractivity contribution >= 4 is 39.6 Å². The Morgan fingerprint density at radius 1 is 1.00 bits per heavy atom. The molecule has 0 atom stereocenters. The first kappa shape index (κ1) is 18.4. The van der Waals surface area contributed by atoms with Crippen LogP contribution in [-0.4, -0.2) is 20.6 Å². The van der Waals surface area contributed by atoms with E-state index in [-0.39, 0.29) is 11.2 Å². The van der Waals surface area contributed by atoms with E-state index >= 15 is 0 Å². The topological polar surface area (TPSA) is 55.1 Å². The van der Waals surface area contributed by atoms with Gasteiger partial charge in [0.05, 0.1) is 11.0 Å². The Morgan fingerprint density at radius 2 is 1.72 bits per heavy atom. The van der Waals surface area contributed by atoms with Gasteiger partial charge in [0.25, 0.3) is 0 Å². The molecule has 1 heterocycles. The highest BCUT2D eigenvalue weighted by molar-refractivity contribution is 14.1. The van der Waals surface area contributed by atoms with Crippen LogP contribution in [0.4, 0.5) is 0 Å². The quantitative estimate of drug-likeness (QED) is 0.356. The summed E-state index contributed by atoms with van der Waals surface area (Å²) in [5.41, 5.74) is 8.71. The van der Waals surface area contributed by atoms with Gasteiger partial charge in [-0.05, 0) is 57.0 Å². The van der Waals surface area contributed by atoms with Crippen LogP contribution in [0.25, 0.3) is 33.3 Å². The zero-order valence-electron chi connectivity index (χ0n) is 16.3. The maximum Gasteiger partial charge on any atom is 0.372 e. The molecule has 0 amide bonds. The average molecular weight is 494 g/mol. The Labute approximate surface area is 182 Å². The SMILES string of the molecule is Cn1c(C(=O)O)nc2cccc(-c3c(I)ccc4c3C(C)(C)c3ccccc3-4)c21. The number of para-hydroxylation sites is 1. The third-order valence-electron chi connectivity index (χ3n) is 6.02. The molecule has 1 aliphatic carbocycles. The molecular formula is C24H19IN2O2. The number of carbonyl (C=O) groups is 1. The van der Waals surface area contributed by atoms with Crippen molar-refractivity contribution < 1.29 is 9.90 Å². The predicted octanol–water partition coefficient (Wildman–Crippen LogP) is 5.85. The molecule has 0 spiro atoms. The number of rotatable bonds is 2. The normalized spacial score (nSPS) is 14.1. The Balaban J connectivity index is 1.91. The highest BCUT2D eigenvalue weighted by Crippen LogP contribution is 2.53. The minimum atomic E-state index is -1.02. The van der Waals surface area contributed by atoms with Gasteiger partial charge in [-0.3, -0.25) is 0 Å². The molecule has 5 rings (SSSR count). The Morgan fingerprint density at radius 3 is 2.48 bits per heavy atom. The van der Waals surface area contributed by atoms with Gasteiger partial charge >= 0.3 is 5.97 Å². The Bertz CT molecular complexity index is 1330. The molecule has 4 nitrogen and oxygen atoms in total. The number of imidazole rings is 1. The zero-order valence-corrected chi connectivity index (χ0v) is 18.5. The van der Waals surface area contributed by atoms with Gasteiger partial charge in [-0.2, -0.15) is 0 Å².